The smallest absolute Gasteiger partial charge is 0.317 e. The second-order valence-electron chi connectivity index (χ2n) is 6.04. The third-order valence-corrected chi connectivity index (χ3v) is 5.02. The summed E-state index contributed by atoms with van der Waals surface area (Å²) in [7, 11) is 0. The number of hydrogen-bond donors (Lipinski definition) is 1. The van der Waals surface area contributed by atoms with Crippen LogP contribution >= 0.6 is 12.2 Å². The average molecular weight is 365 g/mol. The Morgan fingerprint density at radius 2 is 2.24 bits per heavy atom. The highest BCUT2D eigenvalue weighted by Gasteiger charge is 2.59. The number of hydrogen-bond acceptors (Lipinski definition) is 6. The summed E-state index contributed by atoms with van der Waals surface area (Å²) in [6.45, 7) is 6.21. The first kappa shape index (κ1) is 17.4. The fraction of sp³-hybridized carbons (Fsp3) is 0.500. The van der Waals surface area contributed by atoms with Crippen LogP contribution in [0.3, 0.4) is 0 Å². The van der Waals surface area contributed by atoms with Crippen molar-refractivity contribution < 1.29 is 19.2 Å². The lowest BCUT2D eigenvalue weighted by molar-refractivity contribution is -0.385. The van der Waals surface area contributed by atoms with Gasteiger partial charge in [-0.1, -0.05) is 0 Å². The van der Waals surface area contributed by atoms with Crippen LogP contribution in [0.15, 0.2) is 18.2 Å². The van der Waals surface area contributed by atoms with Gasteiger partial charge in [0.2, 0.25) is 0 Å². The monoisotopic (exact) mass is 365 g/mol. The van der Waals surface area contributed by atoms with E-state index in [0.29, 0.717) is 23.0 Å². The molecular formula is C16H19N3O5S. The van der Waals surface area contributed by atoms with Crippen LogP contribution < -0.4 is 10.1 Å². The van der Waals surface area contributed by atoms with Gasteiger partial charge >= 0.3 is 5.97 Å². The summed E-state index contributed by atoms with van der Waals surface area (Å²) in [5, 5.41) is 14.7. The van der Waals surface area contributed by atoms with Crippen molar-refractivity contribution in [1.29, 1.82) is 0 Å². The second-order valence-corrected chi connectivity index (χ2v) is 6.42. The molecule has 3 unspecified atom stereocenters. The molecule has 0 spiro atoms. The minimum atomic E-state index is -1.03. The van der Waals surface area contributed by atoms with Gasteiger partial charge in [0.15, 0.2) is 10.8 Å². The first-order chi connectivity index (χ1) is 11.8. The zero-order chi connectivity index (χ0) is 18.4. The lowest BCUT2D eigenvalue weighted by atomic mass is 9.79. The van der Waals surface area contributed by atoms with Crippen molar-refractivity contribution in [2.45, 2.75) is 32.5 Å². The topological polar surface area (TPSA) is 93.9 Å². The molecule has 0 aromatic heterocycles. The molecule has 2 aliphatic rings. The molecule has 0 radical (unpaired) electrons. The van der Waals surface area contributed by atoms with Crippen LogP contribution in [0.5, 0.6) is 5.75 Å². The van der Waals surface area contributed by atoms with E-state index in [4.69, 9.17) is 21.7 Å². The number of ether oxygens (including phenoxy) is 2. The SMILES string of the molecule is CCOC(=O)C1C2NC(=S)N(CC)C1(C)Oc1ccc([N+](=O)[O-])cc12. The summed E-state index contributed by atoms with van der Waals surface area (Å²) < 4.78 is 11.4. The third-order valence-electron chi connectivity index (χ3n) is 4.68. The summed E-state index contributed by atoms with van der Waals surface area (Å²) in [4.78, 5) is 25.1. The van der Waals surface area contributed by atoms with Crippen molar-refractivity contribution in [1.82, 2.24) is 10.2 Å². The van der Waals surface area contributed by atoms with E-state index in [2.05, 4.69) is 5.32 Å². The number of nitrogens with one attached hydrogen (secondary N) is 1. The lowest BCUT2D eigenvalue weighted by Crippen LogP contribution is -2.71. The Morgan fingerprint density at radius 3 is 2.84 bits per heavy atom. The molecule has 1 aromatic rings. The van der Waals surface area contributed by atoms with Gasteiger partial charge in [0.25, 0.3) is 5.69 Å². The van der Waals surface area contributed by atoms with Crippen LogP contribution in [0.2, 0.25) is 0 Å². The Kier molecular flexibility index (Phi) is 4.28. The Labute approximate surface area is 150 Å². The summed E-state index contributed by atoms with van der Waals surface area (Å²) in [5.41, 5.74) is -0.570. The minimum Gasteiger partial charge on any atom is -0.467 e. The Balaban J connectivity index is 2.16. The van der Waals surface area contributed by atoms with E-state index < -0.39 is 28.6 Å². The van der Waals surface area contributed by atoms with E-state index >= 15 is 0 Å². The summed E-state index contributed by atoms with van der Waals surface area (Å²) >= 11 is 5.42. The first-order valence-electron chi connectivity index (χ1n) is 8.05. The van der Waals surface area contributed by atoms with Gasteiger partial charge in [-0.25, -0.2) is 0 Å². The second kappa shape index (κ2) is 6.14. The summed E-state index contributed by atoms with van der Waals surface area (Å²) in [5.74, 6) is -0.652. The highest BCUT2D eigenvalue weighted by molar-refractivity contribution is 7.80. The van der Waals surface area contributed by atoms with E-state index in [0.717, 1.165) is 0 Å². The van der Waals surface area contributed by atoms with Crippen molar-refractivity contribution in [3.63, 3.8) is 0 Å². The molecule has 3 rings (SSSR count). The van der Waals surface area contributed by atoms with Gasteiger partial charge in [0, 0.05) is 24.2 Å². The van der Waals surface area contributed by atoms with Gasteiger partial charge in [-0.05, 0) is 39.1 Å². The number of carbonyl (C=O) groups is 1. The van der Waals surface area contributed by atoms with Crippen LogP contribution in [-0.4, -0.2) is 39.8 Å². The largest absolute Gasteiger partial charge is 0.467 e. The third kappa shape index (κ3) is 2.58. The molecule has 2 aliphatic heterocycles. The molecule has 0 saturated carbocycles. The van der Waals surface area contributed by atoms with Crippen LogP contribution in [0.1, 0.15) is 32.4 Å². The van der Waals surface area contributed by atoms with Crippen LogP contribution in [0, 0.1) is 16.0 Å². The van der Waals surface area contributed by atoms with Gasteiger partial charge in [-0.15, -0.1) is 0 Å². The molecule has 25 heavy (non-hydrogen) atoms. The summed E-state index contributed by atoms with van der Waals surface area (Å²) in [6, 6.07) is 3.81. The molecule has 9 heteroatoms. The number of carbonyl (C=O) groups excluding carboxylic acids is 1. The quantitative estimate of drug-likeness (QED) is 0.375. The molecular weight excluding hydrogens is 346 g/mol. The number of nitro benzene ring substituents is 1. The predicted octanol–water partition coefficient (Wildman–Crippen LogP) is 2.13. The minimum absolute atomic E-state index is 0.0702. The van der Waals surface area contributed by atoms with E-state index in [1.54, 1.807) is 24.8 Å². The van der Waals surface area contributed by atoms with E-state index in [1.165, 1.54) is 12.1 Å². The number of nitro groups is 1. The maximum Gasteiger partial charge on any atom is 0.317 e. The van der Waals surface area contributed by atoms with Crippen LogP contribution in [0.25, 0.3) is 0 Å². The standard InChI is InChI=1S/C16H19N3O5S/c1-4-18-15(25)17-13-10-8-9(19(21)22)6-7-11(10)24-16(18,3)12(13)14(20)23-5-2/h6-8,12-13H,4-5H2,1-3H3,(H,17,25). The first-order valence-corrected chi connectivity index (χ1v) is 8.46. The molecule has 1 saturated heterocycles. The molecule has 134 valence electrons. The maximum atomic E-state index is 12.7. The van der Waals surface area contributed by atoms with E-state index in [-0.39, 0.29) is 12.3 Å². The average Bonchev–Trinajstić information content (AvgIpc) is 2.54. The lowest BCUT2D eigenvalue weighted by Gasteiger charge is -2.55. The van der Waals surface area contributed by atoms with Gasteiger partial charge < -0.3 is 19.7 Å². The van der Waals surface area contributed by atoms with Crippen molar-refractivity contribution in [3.8, 4) is 5.75 Å². The van der Waals surface area contributed by atoms with Crippen molar-refractivity contribution in [3.05, 3.63) is 33.9 Å². The van der Waals surface area contributed by atoms with Gasteiger partial charge in [0.1, 0.15) is 11.7 Å². The molecule has 0 aliphatic carbocycles. The number of esters is 1. The molecule has 3 atom stereocenters. The van der Waals surface area contributed by atoms with Crippen molar-refractivity contribution in [2.24, 2.45) is 5.92 Å². The molecule has 0 amide bonds. The molecule has 8 nitrogen and oxygen atoms in total. The van der Waals surface area contributed by atoms with Crippen molar-refractivity contribution in [2.75, 3.05) is 13.2 Å². The zero-order valence-corrected chi connectivity index (χ0v) is 15.0. The Hall–Kier alpha value is -2.42. The van der Waals surface area contributed by atoms with E-state index in [1.807, 2.05) is 6.92 Å². The predicted molar refractivity (Wildman–Crippen MR) is 93.1 cm³/mol. The van der Waals surface area contributed by atoms with Crippen molar-refractivity contribution >= 4 is 29.0 Å². The van der Waals surface area contributed by atoms with Crippen LogP contribution in [-0.2, 0) is 9.53 Å². The summed E-state index contributed by atoms with van der Waals surface area (Å²) in [6.07, 6.45) is 0. The highest BCUT2D eigenvalue weighted by Crippen LogP contribution is 2.49. The Morgan fingerprint density at radius 1 is 1.52 bits per heavy atom. The number of fused-ring (bicyclic) bond motifs is 4. The van der Waals surface area contributed by atoms with Gasteiger partial charge in [-0.3, -0.25) is 14.9 Å². The number of thiocarbonyl (C=S) groups is 1. The molecule has 1 aromatic carbocycles. The van der Waals surface area contributed by atoms with Crippen LogP contribution in [0.4, 0.5) is 5.69 Å². The number of nitrogens with zero attached hydrogens (tertiary/aromatic N) is 2. The number of non-ortho nitro benzene ring substituents is 1. The molecule has 2 bridgehead atoms. The molecule has 1 fully saturated rings. The normalized spacial score (nSPS) is 27.0. The number of rotatable bonds is 4. The zero-order valence-electron chi connectivity index (χ0n) is 14.1. The molecule has 1 N–H and O–H groups in total. The van der Waals surface area contributed by atoms with Gasteiger partial charge in [0.05, 0.1) is 17.6 Å². The maximum absolute atomic E-state index is 12.7. The fourth-order valence-corrected chi connectivity index (χ4v) is 4.04. The van der Waals surface area contributed by atoms with Gasteiger partial charge in [-0.2, -0.15) is 0 Å². The molecule has 2 heterocycles. The van der Waals surface area contributed by atoms with E-state index in [9.17, 15) is 14.9 Å². The Bertz CT molecular complexity index is 755. The fourth-order valence-electron chi connectivity index (χ4n) is 3.60. The highest BCUT2D eigenvalue weighted by atomic mass is 32.1. The number of benzene rings is 1.